The summed E-state index contributed by atoms with van der Waals surface area (Å²) >= 11 is 0. The summed E-state index contributed by atoms with van der Waals surface area (Å²) in [6.07, 6.45) is 7.62. The van der Waals surface area contributed by atoms with Gasteiger partial charge in [-0.25, -0.2) is 0 Å². The van der Waals surface area contributed by atoms with Gasteiger partial charge in [-0.05, 0) is 49.9 Å². The molecule has 0 saturated heterocycles. The van der Waals surface area contributed by atoms with Gasteiger partial charge in [0.2, 0.25) is 5.91 Å². The molecule has 3 nitrogen and oxygen atoms in total. The molecule has 0 bridgehead atoms. The minimum absolute atomic E-state index is 0.250. The van der Waals surface area contributed by atoms with E-state index in [1.165, 1.54) is 19.3 Å². The molecule has 5 unspecified atom stereocenters. The molecule has 0 aromatic rings. The molecular formula is C15H28N2O. The maximum Gasteiger partial charge on any atom is 0.220 e. The van der Waals surface area contributed by atoms with Gasteiger partial charge in [-0.3, -0.25) is 4.79 Å². The fraction of sp³-hybridized carbons (Fsp3) is 0.933. The van der Waals surface area contributed by atoms with Gasteiger partial charge < -0.3 is 11.1 Å². The Bertz CT molecular complexity index is 292. The highest BCUT2D eigenvalue weighted by Crippen LogP contribution is 2.31. The van der Waals surface area contributed by atoms with E-state index in [4.69, 9.17) is 5.73 Å². The lowest BCUT2D eigenvalue weighted by Crippen LogP contribution is -2.39. The minimum atomic E-state index is 0.250. The first kappa shape index (κ1) is 13.9. The van der Waals surface area contributed by atoms with Crippen molar-refractivity contribution in [3.05, 3.63) is 0 Å². The third kappa shape index (κ3) is 3.47. The Morgan fingerprint density at radius 1 is 1.22 bits per heavy atom. The number of hydrogen-bond donors (Lipinski definition) is 2. The highest BCUT2D eigenvalue weighted by Gasteiger charge is 2.31. The standard InChI is InChI=1S/C15H28N2O/c1-10-6-7-14(11(10)2)17-15(18)9-12-4-3-5-13(16)8-12/h10-14H,3-9,16H2,1-2H3,(H,17,18). The molecule has 0 aliphatic heterocycles. The normalized spacial score (nSPS) is 40.7. The van der Waals surface area contributed by atoms with Gasteiger partial charge in [0.15, 0.2) is 0 Å². The van der Waals surface area contributed by atoms with Crippen molar-refractivity contribution in [1.82, 2.24) is 5.32 Å². The summed E-state index contributed by atoms with van der Waals surface area (Å²) in [5, 5.41) is 3.24. The molecule has 0 aromatic carbocycles. The highest BCUT2D eigenvalue weighted by atomic mass is 16.1. The van der Waals surface area contributed by atoms with Crippen molar-refractivity contribution in [2.75, 3.05) is 0 Å². The first-order valence-electron chi connectivity index (χ1n) is 7.61. The van der Waals surface area contributed by atoms with Gasteiger partial charge >= 0.3 is 0 Å². The van der Waals surface area contributed by atoms with Crippen molar-refractivity contribution in [1.29, 1.82) is 0 Å². The van der Waals surface area contributed by atoms with Gasteiger partial charge in [-0.1, -0.05) is 20.3 Å². The highest BCUT2D eigenvalue weighted by molar-refractivity contribution is 5.76. The Hall–Kier alpha value is -0.570. The van der Waals surface area contributed by atoms with Crippen LogP contribution in [-0.2, 0) is 4.79 Å². The summed E-state index contributed by atoms with van der Waals surface area (Å²) < 4.78 is 0. The number of nitrogens with one attached hydrogen (secondary N) is 1. The van der Waals surface area contributed by atoms with Crippen LogP contribution in [0.3, 0.4) is 0 Å². The fourth-order valence-electron chi connectivity index (χ4n) is 3.61. The van der Waals surface area contributed by atoms with Crippen molar-refractivity contribution in [2.24, 2.45) is 23.5 Å². The predicted molar refractivity (Wildman–Crippen MR) is 74.0 cm³/mol. The Morgan fingerprint density at radius 3 is 2.61 bits per heavy atom. The van der Waals surface area contributed by atoms with Crippen LogP contribution >= 0.6 is 0 Å². The van der Waals surface area contributed by atoms with Gasteiger partial charge in [-0.2, -0.15) is 0 Å². The van der Waals surface area contributed by atoms with Crippen LogP contribution in [-0.4, -0.2) is 18.0 Å². The van der Waals surface area contributed by atoms with Crippen molar-refractivity contribution in [3.8, 4) is 0 Å². The molecule has 2 fully saturated rings. The van der Waals surface area contributed by atoms with Gasteiger partial charge in [0, 0.05) is 18.5 Å². The molecule has 2 saturated carbocycles. The van der Waals surface area contributed by atoms with Crippen LogP contribution in [0.4, 0.5) is 0 Å². The van der Waals surface area contributed by atoms with Crippen LogP contribution in [0.2, 0.25) is 0 Å². The molecule has 5 atom stereocenters. The van der Waals surface area contributed by atoms with Crippen molar-refractivity contribution in [2.45, 2.75) is 70.9 Å². The molecule has 104 valence electrons. The minimum Gasteiger partial charge on any atom is -0.353 e. The Labute approximate surface area is 111 Å². The van der Waals surface area contributed by atoms with Crippen LogP contribution in [0.1, 0.15) is 58.8 Å². The summed E-state index contributed by atoms with van der Waals surface area (Å²) in [4.78, 5) is 12.1. The third-order valence-electron chi connectivity index (χ3n) is 5.11. The zero-order valence-corrected chi connectivity index (χ0v) is 11.8. The largest absolute Gasteiger partial charge is 0.353 e. The van der Waals surface area contributed by atoms with E-state index >= 15 is 0 Å². The molecular weight excluding hydrogens is 224 g/mol. The lowest BCUT2D eigenvalue weighted by atomic mass is 9.84. The first-order chi connectivity index (χ1) is 8.56. The van der Waals surface area contributed by atoms with Crippen LogP contribution in [0.5, 0.6) is 0 Å². The first-order valence-corrected chi connectivity index (χ1v) is 7.61. The molecule has 2 aliphatic carbocycles. The molecule has 0 aromatic heterocycles. The fourth-order valence-corrected chi connectivity index (χ4v) is 3.61. The Balaban J connectivity index is 1.75. The Kier molecular flexibility index (Phi) is 4.66. The number of rotatable bonds is 3. The lowest BCUT2D eigenvalue weighted by molar-refractivity contribution is -0.123. The maximum atomic E-state index is 12.1. The molecule has 0 heterocycles. The molecule has 2 aliphatic rings. The van der Waals surface area contributed by atoms with Crippen molar-refractivity contribution >= 4 is 5.91 Å². The predicted octanol–water partition coefficient (Wildman–Crippen LogP) is 2.44. The van der Waals surface area contributed by atoms with Crippen LogP contribution in [0.25, 0.3) is 0 Å². The summed E-state index contributed by atoms with van der Waals surface area (Å²) in [6.45, 7) is 4.55. The maximum absolute atomic E-state index is 12.1. The van der Waals surface area contributed by atoms with Crippen molar-refractivity contribution < 1.29 is 4.79 Å². The van der Waals surface area contributed by atoms with E-state index in [0.717, 1.165) is 25.2 Å². The van der Waals surface area contributed by atoms with E-state index in [1.807, 2.05) is 0 Å². The number of carbonyl (C=O) groups excluding carboxylic acids is 1. The quantitative estimate of drug-likeness (QED) is 0.810. The van der Waals surface area contributed by atoms with Gasteiger partial charge in [0.05, 0.1) is 0 Å². The van der Waals surface area contributed by atoms with Gasteiger partial charge in [0.1, 0.15) is 0 Å². The molecule has 3 N–H and O–H groups in total. The second kappa shape index (κ2) is 6.05. The average Bonchev–Trinajstić information content (AvgIpc) is 2.61. The number of carbonyl (C=O) groups is 1. The second-order valence-electron chi connectivity index (χ2n) is 6.58. The van der Waals surface area contributed by atoms with Crippen LogP contribution in [0, 0.1) is 17.8 Å². The van der Waals surface area contributed by atoms with E-state index in [1.54, 1.807) is 0 Å². The van der Waals surface area contributed by atoms with Crippen LogP contribution < -0.4 is 11.1 Å². The van der Waals surface area contributed by atoms with Crippen molar-refractivity contribution in [3.63, 3.8) is 0 Å². The molecule has 2 rings (SSSR count). The molecule has 1 amide bonds. The number of amides is 1. The molecule has 0 spiro atoms. The van der Waals surface area contributed by atoms with Crippen LogP contribution in [0.15, 0.2) is 0 Å². The summed E-state index contributed by atoms with van der Waals surface area (Å²) in [5.74, 6) is 2.14. The van der Waals surface area contributed by atoms with E-state index < -0.39 is 0 Å². The molecule has 3 heteroatoms. The monoisotopic (exact) mass is 252 g/mol. The molecule has 18 heavy (non-hydrogen) atoms. The van der Waals surface area contributed by atoms with Gasteiger partial charge in [-0.15, -0.1) is 0 Å². The molecule has 0 radical (unpaired) electrons. The summed E-state index contributed by atoms with van der Waals surface area (Å²) in [6, 6.07) is 0.728. The zero-order valence-electron chi connectivity index (χ0n) is 11.8. The number of nitrogens with two attached hydrogens (primary N) is 1. The smallest absolute Gasteiger partial charge is 0.220 e. The SMILES string of the molecule is CC1CCC(NC(=O)CC2CCCC(N)C2)C1C. The Morgan fingerprint density at radius 2 is 2.00 bits per heavy atom. The lowest BCUT2D eigenvalue weighted by Gasteiger charge is -2.27. The average molecular weight is 252 g/mol. The van der Waals surface area contributed by atoms with E-state index in [0.29, 0.717) is 30.3 Å². The number of hydrogen-bond acceptors (Lipinski definition) is 2. The van der Waals surface area contributed by atoms with E-state index in [2.05, 4.69) is 19.2 Å². The van der Waals surface area contributed by atoms with E-state index in [9.17, 15) is 4.79 Å². The summed E-state index contributed by atoms with van der Waals surface area (Å²) in [5.41, 5.74) is 5.97. The van der Waals surface area contributed by atoms with E-state index in [-0.39, 0.29) is 5.91 Å². The topological polar surface area (TPSA) is 55.1 Å². The third-order valence-corrected chi connectivity index (χ3v) is 5.11. The zero-order chi connectivity index (χ0) is 13.1. The summed E-state index contributed by atoms with van der Waals surface area (Å²) in [7, 11) is 0. The second-order valence-corrected chi connectivity index (χ2v) is 6.58. The van der Waals surface area contributed by atoms with Gasteiger partial charge in [0.25, 0.3) is 0 Å².